The number of rotatable bonds is 2. The molecule has 3 heterocycles. The number of pyridine rings is 1. The lowest BCUT2D eigenvalue weighted by molar-refractivity contribution is -0.384. The maximum Gasteiger partial charge on any atom is 0.269 e. The monoisotopic (exact) mass is 326 g/mol. The fourth-order valence-electron chi connectivity index (χ4n) is 2.31. The summed E-state index contributed by atoms with van der Waals surface area (Å²) in [6, 6.07) is 9.56. The van der Waals surface area contributed by atoms with Gasteiger partial charge in [-0.15, -0.1) is 0 Å². The molecule has 4 aromatic rings. The molecule has 0 amide bonds. The Morgan fingerprint density at radius 2 is 1.91 bits per heavy atom. The van der Waals surface area contributed by atoms with E-state index in [1.807, 2.05) is 6.07 Å². The van der Waals surface area contributed by atoms with Crippen LogP contribution in [0.15, 0.2) is 47.0 Å². The average molecular weight is 327 g/mol. The molecular weight excluding hydrogens is 320 g/mol. The lowest BCUT2D eigenvalue weighted by Crippen LogP contribution is -1.92. The van der Waals surface area contributed by atoms with E-state index in [1.165, 1.54) is 12.1 Å². The van der Waals surface area contributed by atoms with Gasteiger partial charge >= 0.3 is 0 Å². The summed E-state index contributed by atoms with van der Waals surface area (Å²) in [7, 11) is 0. The third kappa shape index (κ3) is 2.18. The number of hydrogen-bond donors (Lipinski definition) is 0. The summed E-state index contributed by atoms with van der Waals surface area (Å²) in [6.07, 6.45) is 1.61. The van der Waals surface area contributed by atoms with Crippen LogP contribution in [0, 0.1) is 10.1 Å². The Bertz CT molecular complexity index is 1060. The molecule has 0 unspecified atom stereocenters. The van der Waals surface area contributed by atoms with Crippen LogP contribution in [0.25, 0.3) is 33.6 Å². The molecule has 0 atom stereocenters. The molecule has 0 aliphatic rings. The Labute approximate surface area is 133 Å². The summed E-state index contributed by atoms with van der Waals surface area (Å²) in [5.41, 5.74) is 1.98. The van der Waals surface area contributed by atoms with E-state index >= 15 is 0 Å². The summed E-state index contributed by atoms with van der Waals surface area (Å²) >= 11 is 6.18. The summed E-state index contributed by atoms with van der Waals surface area (Å²) in [5.74, 6) is 0.365. The number of halogens is 1. The van der Waals surface area contributed by atoms with E-state index < -0.39 is 4.92 Å². The minimum Gasteiger partial charge on any atom is -0.433 e. The van der Waals surface area contributed by atoms with Gasteiger partial charge in [-0.2, -0.15) is 0 Å². The number of non-ortho nitro benzene ring substituents is 1. The van der Waals surface area contributed by atoms with Crippen molar-refractivity contribution in [3.05, 3.63) is 57.9 Å². The van der Waals surface area contributed by atoms with Crippen molar-refractivity contribution in [2.24, 2.45) is 0 Å². The molecule has 0 radical (unpaired) electrons. The first-order valence-electron chi connectivity index (χ1n) is 6.59. The first-order chi connectivity index (χ1) is 11.1. The van der Waals surface area contributed by atoms with Crippen LogP contribution >= 0.6 is 11.6 Å². The normalized spacial score (nSPS) is 11.2. The van der Waals surface area contributed by atoms with E-state index in [0.29, 0.717) is 28.2 Å². The zero-order chi connectivity index (χ0) is 16.0. The summed E-state index contributed by atoms with van der Waals surface area (Å²) < 4.78 is 5.57. The highest BCUT2D eigenvalue weighted by Crippen LogP contribution is 2.32. The van der Waals surface area contributed by atoms with Crippen LogP contribution in [0.1, 0.15) is 0 Å². The van der Waals surface area contributed by atoms with E-state index in [9.17, 15) is 10.1 Å². The third-order valence-corrected chi connectivity index (χ3v) is 3.64. The predicted octanol–water partition coefficient (Wildman–Crippen LogP) is 4.00. The highest BCUT2D eigenvalue weighted by Gasteiger charge is 2.16. The standard InChI is InChI=1S/C15H7ClN4O3/c16-13-12-11(10-2-1-7-17-15(10)23-12)18-14(19-13)8-3-5-9(6-4-8)20(21)22/h1-7H. The molecule has 0 saturated carbocycles. The summed E-state index contributed by atoms with van der Waals surface area (Å²) in [6.45, 7) is 0. The maximum atomic E-state index is 10.7. The fraction of sp³-hybridized carbons (Fsp3) is 0. The lowest BCUT2D eigenvalue weighted by atomic mass is 10.2. The second kappa shape index (κ2) is 4.99. The largest absolute Gasteiger partial charge is 0.433 e. The van der Waals surface area contributed by atoms with E-state index in [1.54, 1.807) is 24.4 Å². The van der Waals surface area contributed by atoms with Gasteiger partial charge in [0.25, 0.3) is 5.69 Å². The van der Waals surface area contributed by atoms with Crippen LogP contribution in [0.2, 0.25) is 5.15 Å². The Morgan fingerprint density at radius 1 is 1.13 bits per heavy atom. The molecule has 4 rings (SSSR count). The molecule has 0 saturated heterocycles. The zero-order valence-corrected chi connectivity index (χ0v) is 12.2. The van der Waals surface area contributed by atoms with Gasteiger partial charge in [0.2, 0.25) is 5.71 Å². The van der Waals surface area contributed by atoms with Gasteiger partial charge < -0.3 is 4.42 Å². The topological polar surface area (TPSA) is 95.0 Å². The SMILES string of the molecule is O=[N+]([O-])c1ccc(-c2nc(Cl)c3oc4ncccc4c3n2)cc1. The van der Waals surface area contributed by atoms with Crippen molar-refractivity contribution in [3.8, 4) is 11.4 Å². The van der Waals surface area contributed by atoms with Crippen LogP contribution in [0.4, 0.5) is 5.69 Å². The summed E-state index contributed by atoms with van der Waals surface area (Å²) in [4.78, 5) is 23.1. The number of nitro groups is 1. The predicted molar refractivity (Wildman–Crippen MR) is 84.2 cm³/mol. The Hall–Kier alpha value is -3.06. The van der Waals surface area contributed by atoms with Crippen LogP contribution in [-0.4, -0.2) is 19.9 Å². The van der Waals surface area contributed by atoms with Gasteiger partial charge in [0.1, 0.15) is 5.52 Å². The molecule has 0 N–H and O–H groups in total. The van der Waals surface area contributed by atoms with Gasteiger partial charge in [-0.05, 0) is 24.3 Å². The molecule has 3 aromatic heterocycles. The van der Waals surface area contributed by atoms with E-state index in [4.69, 9.17) is 16.0 Å². The van der Waals surface area contributed by atoms with E-state index in [2.05, 4.69) is 15.0 Å². The number of hydrogen-bond acceptors (Lipinski definition) is 6. The Kier molecular flexibility index (Phi) is 2.95. The van der Waals surface area contributed by atoms with Crippen molar-refractivity contribution in [2.45, 2.75) is 0 Å². The van der Waals surface area contributed by atoms with E-state index in [-0.39, 0.29) is 10.8 Å². The van der Waals surface area contributed by atoms with Gasteiger partial charge in [-0.1, -0.05) is 11.6 Å². The van der Waals surface area contributed by atoms with Gasteiger partial charge in [0, 0.05) is 23.9 Å². The Morgan fingerprint density at radius 3 is 2.65 bits per heavy atom. The molecule has 0 bridgehead atoms. The molecular formula is C15H7ClN4O3. The quantitative estimate of drug-likeness (QED) is 0.314. The van der Waals surface area contributed by atoms with Crippen molar-refractivity contribution >= 4 is 39.5 Å². The summed E-state index contributed by atoms with van der Waals surface area (Å²) in [5, 5.41) is 11.6. The number of benzene rings is 1. The molecule has 8 heteroatoms. The van der Waals surface area contributed by atoms with Crippen molar-refractivity contribution in [1.29, 1.82) is 0 Å². The zero-order valence-electron chi connectivity index (χ0n) is 11.4. The maximum absolute atomic E-state index is 10.7. The highest BCUT2D eigenvalue weighted by molar-refractivity contribution is 6.34. The molecule has 0 spiro atoms. The van der Waals surface area contributed by atoms with Crippen molar-refractivity contribution < 1.29 is 9.34 Å². The average Bonchev–Trinajstić information content (AvgIpc) is 2.94. The molecule has 0 aliphatic heterocycles. The first-order valence-corrected chi connectivity index (χ1v) is 6.97. The Balaban J connectivity index is 1.93. The van der Waals surface area contributed by atoms with Crippen molar-refractivity contribution in [2.75, 3.05) is 0 Å². The number of aromatic nitrogens is 3. The van der Waals surface area contributed by atoms with Gasteiger partial charge in [0.15, 0.2) is 16.6 Å². The van der Waals surface area contributed by atoms with Crippen LogP contribution in [-0.2, 0) is 0 Å². The van der Waals surface area contributed by atoms with Crippen molar-refractivity contribution in [1.82, 2.24) is 15.0 Å². The van der Waals surface area contributed by atoms with E-state index in [0.717, 1.165) is 5.39 Å². The minimum atomic E-state index is -0.462. The van der Waals surface area contributed by atoms with Gasteiger partial charge in [0.05, 0.1) is 10.3 Å². The second-order valence-electron chi connectivity index (χ2n) is 4.78. The number of furan rings is 1. The molecule has 7 nitrogen and oxygen atoms in total. The molecule has 0 aliphatic carbocycles. The fourth-order valence-corrected chi connectivity index (χ4v) is 2.51. The number of fused-ring (bicyclic) bond motifs is 3. The smallest absolute Gasteiger partial charge is 0.269 e. The minimum absolute atomic E-state index is 0.00103. The molecule has 23 heavy (non-hydrogen) atoms. The van der Waals surface area contributed by atoms with Gasteiger partial charge in [-0.3, -0.25) is 10.1 Å². The number of nitrogens with zero attached hydrogens (tertiary/aromatic N) is 4. The first kappa shape index (κ1) is 13.6. The number of nitro benzene ring substituents is 1. The van der Waals surface area contributed by atoms with Gasteiger partial charge in [-0.25, -0.2) is 15.0 Å². The third-order valence-electron chi connectivity index (χ3n) is 3.39. The molecule has 0 fully saturated rings. The van der Waals surface area contributed by atoms with Crippen LogP contribution in [0.5, 0.6) is 0 Å². The molecule has 112 valence electrons. The highest BCUT2D eigenvalue weighted by atomic mass is 35.5. The lowest BCUT2D eigenvalue weighted by Gasteiger charge is -2.01. The van der Waals surface area contributed by atoms with Crippen LogP contribution in [0.3, 0.4) is 0 Å². The second-order valence-corrected chi connectivity index (χ2v) is 5.14. The van der Waals surface area contributed by atoms with Crippen LogP contribution < -0.4 is 0 Å². The van der Waals surface area contributed by atoms with Crippen molar-refractivity contribution in [3.63, 3.8) is 0 Å². The molecule has 1 aromatic carbocycles.